The summed E-state index contributed by atoms with van der Waals surface area (Å²) in [5.41, 5.74) is 10.6. The van der Waals surface area contributed by atoms with Gasteiger partial charge in [0.15, 0.2) is 0 Å². The number of carbonyl (C=O) groups is 1. The third-order valence-corrected chi connectivity index (χ3v) is 4.05. The number of nitrogens with one attached hydrogen (secondary N) is 4. The largest absolute Gasteiger partial charge is 0.321 e. The number of anilines is 1. The molecule has 2 atom stereocenters. The summed E-state index contributed by atoms with van der Waals surface area (Å²) in [7, 11) is 0. The van der Waals surface area contributed by atoms with E-state index in [2.05, 4.69) is 33.6 Å². The predicted molar refractivity (Wildman–Crippen MR) is 91.9 cm³/mol. The van der Waals surface area contributed by atoms with E-state index in [1.54, 1.807) is 0 Å². The molecular weight excluding hydrogens is 288 g/mol. The van der Waals surface area contributed by atoms with Crippen molar-refractivity contribution < 1.29 is 4.79 Å². The van der Waals surface area contributed by atoms with Gasteiger partial charge in [-0.3, -0.25) is 0 Å². The van der Waals surface area contributed by atoms with Gasteiger partial charge in [0.25, 0.3) is 0 Å². The molecule has 4 N–H and O–H groups in total. The molecule has 0 aromatic heterocycles. The van der Waals surface area contributed by atoms with E-state index in [1.807, 2.05) is 50.2 Å². The van der Waals surface area contributed by atoms with E-state index in [0.717, 1.165) is 23.2 Å². The van der Waals surface area contributed by atoms with Gasteiger partial charge in [0.1, 0.15) is 0 Å². The Bertz CT molecular complexity index is 687. The first kappa shape index (κ1) is 15.5. The molecule has 0 aliphatic carbocycles. The highest BCUT2D eigenvalue weighted by atomic mass is 16.2. The second kappa shape index (κ2) is 6.81. The number of aryl methyl sites for hydroxylation is 2. The topological polar surface area (TPSA) is 65.2 Å². The molecule has 23 heavy (non-hydrogen) atoms. The van der Waals surface area contributed by atoms with Crippen molar-refractivity contribution in [3.8, 4) is 0 Å². The van der Waals surface area contributed by atoms with Crippen LogP contribution in [-0.4, -0.2) is 12.2 Å². The molecule has 2 aromatic rings. The highest BCUT2D eigenvalue weighted by Gasteiger charge is 2.25. The molecule has 1 saturated heterocycles. The molecule has 5 heteroatoms. The van der Waals surface area contributed by atoms with Crippen LogP contribution in [0.2, 0.25) is 0 Å². The fraction of sp³-hybridized carbons (Fsp3) is 0.278. The maximum absolute atomic E-state index is 12.2. The van der Waals surface area contributed by atoms with Crippen LogP contribution in [0.5, 0.6) is 0 Å². The van der Waals surface area contributed by atoms with Crippen LogP contribution >= 0.6 is 0 Å². The van der Waals surface area contributed by atoms with Crippen LogP contribution in [0.15, 0.2) is 48.5 Å². The quantitative estimate of drug-likeness (QED) is 0.705. The van der Waals surface area contributed by atoms with Gasteiger partial charge in [-0.2, -0.15) is 0 Å². The molecule has 0 saturated carbocycles. The number of carbonyl (C=O) groups excluding carboxylic acids is 1. The lowest BCUT2D eigenvalue weighted by Crippen LogP contribution is -2.45. The summed E-state index contributed by atoms with van der Waals surface area (Å²) in [6.07, 6.45) is 0.690. The number of hydrogen-bond acceptors (Lipinski definition) is 3. The normalized spacial score (nSPS) is 20.3. The average Bonchev–Trinajstić information content (AvgIpc) is 3.00. The SMILES string of the molecule is Cc1ccc(C)c(NC(=O)NC2CC(c3ccccc3)NN2)c1. The van der Waals surface area contributed by atoms with E-state index < -0.39 is 0 Å². The summed E-state index contributed by atoms with van der Waals surface area (Å²) in [5.74, 6) is 0. The lowest BCUT2D eigenvalue weighted by molar-refractivity contribution is 0.247. The van der Waals surface area contributed by atoms with Crippen molar-refractivity contribution in [2.75, 3.05) is 5.32 Å². The summed E-state index contributed by atoms with van der Waals surface area (Å²) >= 11 is 0. The van der Waals surface area contributed by atoms with Gasteiger partial charge in [0, 0.05) is 18.2 Å². The summed E-state index contributed by atoms with van der Waals surface area (Å²) in [6, 6.07) is 16.2. The third-order valence-electron chi connectivity index (χ3n) is 4.05. The maximum Gasteiger partial charge on any atom is 0.320 e. The van der Waals surface area contributed by atoms with Crippen LogP contribution in [-0.2, 0) is 0 Å². The molecule has 1 heterocycles. The van der Waals surface area contributed by atoms with Crippen LogP contribution < -0.4 is 21.5 Å². The minimum Gasteiger partial charge on any atom is -0.321 e. The first-order chi connectivity index (χ1) is 11.1. The van der Waals surface area contributed by atoms with Crippen LogP contribution in [0, 0.1) is 13.8 Å². The standard InChI is InChI=1S/C18H22N4O/c1-12-8-9-13(2)15(10-12)19-18(23)20-17-11-16(21-22-17)14-6-4-3-5-7-14/h3-10,16-17,21-22H,11H2,1-2H3,(H2,19,20,23). The molecule has 1 aliphatic heterocycles. The van der Waals surface area contributed by atoms with Gasteiger partial charge in [-0.15, -0.1) is 0 Å². The molecule has 0 bridgehead atoms. The van der Waals surface area contributed by atoms with E-state index in [0.29, 0.717) is 0 Å². The second-order valence-electron chi connectivity index (χ2n) is 5.96. The van der Waals surface area contributed by atoms with Crippen molar-refractivity contribution in [1.29, 1.82) is 0 Å². The van der Waals surface area contributed by atoms with Crippen molar-refractivity contribution in [3.05, 3.63) is 65.2 Å². The average molecular weight is 310 g/mol. The van der Waals surface area contributed by atoms with Crippen LogP contribution in [0.4, 0.5) is 10.5 Å². The van der Waals surface area contributed by atoms with Crippen molar-refractivity contribution in [3.63, 3.8) is 0 Å². The molecule has 0 radical (unpaired) electrons. The molecule has 3 rings (SSSR count). The number of rotatable bonds is 3. The van der Waals surface area contributed by atoms with Gasteiger partial charge in [0.2, 0.25) is 0 Å². The molecule has 0 spiro atoms. The lowest BCUT2D eigenvalue weighted by atomic mass is 10.0. The Morgan fingerprint density at radius 3 is 2.65 bits per heavy atom. The van der Waals surface area contributed by atoms with Crippen molar-refractivity contribution in [1.82, 2.24) is 16.2 Å². The molecule has 5 nitrogen and oxygen atoms in total. The first-order valence-corrected chi connectivity index (χ1v) is 7.82. The van der Waals surface area contributed by atoms with Crippen molar-refractivity contribution in [2.45, 2.75) is 32.5 Å². The molecular formula is C18H22N4O. The van der Waals surface area contributed by atoms with Gasteiger partial charge < -0.3 is 10.6 Å². The van der Waals surface area contributed by atoms with Crippen LogP contribution in [0.1, 0.15) is 29.2 Å². The second-order valence-corrected chi connectivity index (χ2v) is 5.96. The Balaban J connectivity index is 1.56. The number of hydrazine groups is 1. The molecule has 120 valence electrons. The number of hydrogen-bond donors (Lipinski definition) is 4. The summed E-state index contributed by atoms with van der Waals surface area (Å²) in [5, 5.41) is 5.86. The van der Waals surface area contributed by atoms with E-state index in [-0.39, 0.29) is 18.2 Å². The Hall–Kier alpha value is -2.37. The maximum atomic E-state index is 12.2. The predicted octanol–water partition coefficient (Wildman–Crippen LogP) is 2.99. The number of urea groups is 1. The van der Waals surface area contributed by atoms with E-state index >= 15 is 0 Å². The van der Waals surface area contributed by atoms with Crippen LogP contribution in [0.3, 0.4) is 0 Å². The van der Waals surface area contributed by atoms with E-state index in [1.165, 1.54) is 5.56 Å². The fourth-order valence-corrected chi connectivity index (χ4v) is 2.74. The van der Waals surface area contributed by atoms with Gasteiger partial charge >= 0.3 is 6.03 Å². The minimum absolute atomic E-state index is 0.106. The zero-order valence-electron chi connectivity index (χ0n) is 13.4. The summed E-state index contributed by atoms with van der Waals surface area (Å²) in [4.78, 5) is 12.2. The van der Waals surface area contributed by atoms with Crippen molar-refractivity contribution in [2.24, 2.45) is 0 Å². The smallest absolute Gasteiger partial charge is 0.320 e. The Morgan fingerprint density at radius 2 is 1.87 bits per heavy atom. The monoisotopic (exact) mass is 310 g/mol. The zero-order valence-corrected chi connectivity index (χ0v) is 13.4. The third kappa shape index (κ3) is 3.88. The highest BCUT2D eigenvalue weighted by molar-refractivity contribution is 5.90. The van der Waals surface area contributed by atoms with Crippen molar-refractivity contribution >= 4 is 11.7 Å². The summed E-state index contributed by atoms with van der Waals surface area (Å²) < 4.78 is 0. The van der Waals surface area contributed by atoms with Gasteiger partial charge in [-0.25, -0.2) is 15.6 Å². The fourth-order valence-electron chi connectivity index (χ4n) is 2.74. The Labute approximate surface area is 136 Å². The van der Waals surface area contributed by atoms with Gasteiger partial charge in [0.05, 0.1) is 6.17 Å². The zero-order chi connectivity index (χ0) is 16.2. The Kier molecular flexibility index (Phi) is 4.60. The Morgan fingerprint density at radius 1 is 1.09 bits per heavy atom. The molecule has 1 aliphatic rings. The number of benzene rings is 2. The lowest BCUT2D eigenvalue weighted by Gasteiger charge is -2.14. The summed E-state index contributed by atoms with van der Waals surface area (Å²) in [6.45, 7) is 3.99. The molecule has 2 aromatic carbocycles. The van der Waals surface area contributed by atoms with Gasteiger partial charge in [-0.1, -0.05) is 42.5 Å². The van der Waals surface area contributed by atoms with Crippen LogP contribution in [0.25, 0.3) is 0 Å². The highest BCUT2D eigenvalue weighted by Crippen LogP contribution is 2.21. The molecule has 2 amide bonds. The van der Waals surface area contributed by atoms with E-state index in [4.69, 9.17) is 0 Å². The molecule has 2 unspecified atom stereocenters. The molecule has 1 fully saturated rings. The number of amides is 2. The minimum atomic E-state index is -0.202. The first-order valence-electron chi connectivity index (χ1n) is 7.82. The van der Waals surface area contributed by atoms with E-state index in [9.17, 15) is 4.79 Å². The van der Waals surface area contributed by atoms with Gasteiger partial charge in [-0.05, 0) is 36.6 Å².